The van der Waals surface area contributed by atoms with E-state index in [1.807, 2.05) is 0 Å². The molecule has 0 saturated carbocycles. The number of amides is 1. The van der Waals surface area contributed by atoms with E-state index in [1.54, 1.807) is 49.6 Å². The number of non-ortho nitro benzene ring substituents is 1. The number of rotatable bonds is 9. The Balaban J connectivity index is 1.52. The van der Waals surface area contributed by atoms with Gasteiger partial charge in [-0.3, -0.25) is 14.9 Å². The van der Waals surface area contributed by atoms with E-state index in [0.717, 1.165) is 6.07 Å². The van der Waals surface area contributed by atoms with E-state index in [0.29, 0.717) is 17.1 Å². The molecule has 0 radical (unpaired) electrons. The molecule has 33 heavy (non-hydrogen) atoms. The molecule has 3 aromatic rings. The van der Waals surface area contributed by atoms with Crippen molar-refractivity contribution in [2.75, 3.05) is 13.7 Å². The van der Waals surface area contributed by atoms with E-state index in [2.05, 4.69) is 10.5 Å². The van der Waals surface area contributed by atoms with Crippen molar-refractivity contribution < 1.29 is 28.7 Å². The molecular weight excluding hydrogens is 430 g/mol. The van der Waals surface area contributed by atoms with Gasteiger partial charge in [-0.25, -0.2) is 10.2 Å². The first-order chi connectivity index (χ1) is 15.9. The topological polar surface area (TPSA) is 129 Å². The Bertz CT molecular complexity index is 1180. The van der Waals surface area contributed by atoms with E-state index in [1.165, 1.54) is 30.5 Å². The molecular formula is C23H19N3O7. The van der Waals surface area contributed by atoms with Crippen LogP contribution in [0.2, 0.25) is 0 Å². The minimum atomic E-state index is -0.739. The fourth-order valence-electron chi connectivity index (χ4n) is 2.60. The fourth-order valence-corrected chi connectivity index (χ4v) is 2.60. The van der Waals surface area contributed by atoms with E-state index < -0.39 is 16.8 Å². The van der Waals surface area contributed by atoms with Gasteiger partial charge in [-0.05, 0) is 48.0 Å². The predicted molar refractivity (Wildman–Crippen MR) is 119 cm³/mol. The lowest BCUT2D eigenvalue weighted by Crippen LogP contribution is -2.24. The van der Waals surface area contributed by atoms with Gasteiger partial charge >= 0.3 is 5.97 Å². The van der Waals surface area contributed by atoms with Gasteiger partial charge in [0.2, 0.25) is 0 Å². The highest BCUT2D eigenvalue weighted by Gasteiger charge is 2.13. The lowest BCUT2D eigenvalue weighted by atomic mass is 10.2. The molecule has 3 rings (SSSR count). The fraction of sp³-hybridized carbons (Fsp3) is 0.0870. The summed E-state index contributed by atoms with van der Waals surface area (Å²) in [5.74, 6) is 0.194. The smallest absolute Gasteiger partial charge is 0.343 e. The van der Waals surface area contributed by atoms with Gasteiger partial charge in [-0.15, -0.1) is 0 Å². The average molecular weight is 449 g/mol. The number of ether oxygens (including phenoxy) is 3. The maximum Gasteiger partial charge on any atom is 0.343 e. The number of hydrazone groups is 1. The van der Waals surface area contributed by atoms with Crippen LogP contribution in [0.1, 0.15) is 15.9 Å². The number of nitro benzene ring substituents is 1. The third kappa shape index (κ3) is 6.89. The van der Waals surface area contributed by atoms with Crippen LogP contribution in [0.15, 0.2) is 77.9 Å². The van der Waals surface area contributed by atoms with Gasteiger partial charge in [0.05, 0.1) is 23.8 Å². The highest BCUT2D eigenvalue weighted by molar-refractivity contribution is 5.92. The minimum Gasteiger partial charge on any atom is -0.497 e. The first-order valence-corrected chi connectivity index (χ1v) is 9.60. The highest BCUT2D eigenvalue weighted by Crippen LogP contribution is 2.18. The molecule has 0 fully saturated rings. The van der Waals surface area contributed by atoms with Crippen molar-refractivity contribution in [1.29, 1.82) is 0 Å². The average Bonchev–Trinajstić information content (AvgIpc) is 2.83. The molecule has 0 spiro atoms. The SMILES string of the molecule is COc1ccc(OCC(=O)NN=Cc2cccc(OC(=O)c3cccc([N+](=O)[O-])c3)c2)cc1. The zero-order valence-electron chi connectivity index (χ0n) is 17.5. The van der Waals surface area contributed by atoms with Crippen LogP contribution in [0.3, 0.4) is 0 Å². The summed E-state index contributed by atoms with van der Waals surface area (Å²) in [6, 6.07) is 18.4. The summed E-state index contributed by atoms with van der Waals surface area (Å²) in [6.45, 7) is -0.232. The van der Waals surface area contributed by atoms with E-state index in [4.69, 9.17) is 14.2 Å². The lowest BCUT2D eigenvalue weighted by Gasteiger charge is -2.06. The molecule has 0 unspecified atom stereocenters. The quantitative estimate of drug-likeness (QED) is 0.174. The van der Waals surface area contributed by atoms with Crippen molar-refractivity contribution in [1.82, 2.24) is 5.43 Å². The Labute approximate surface area is 188 Å². The number of nitrogens with zero attached hydrogens (tertiary/aromatic N) is 2. The van der Waals surface area contributed by atoms with Crippen LogP contribution < -0.4 is 19.6 Å². The number of benzene rings is 3. The molecule has 0 saturated heterocycles. The molecule has 3 aromatic carbocycles. The summed E-state index contributed by atoms with van der Waals surface area (Å²) in [6.07, 6.45) is 1.37. The zero-order chi connectivity index (χ0) is 23.6. The van der Waals surface area contributed by atoms with Gasteiger partial charge in [0.15, 0.2) is 6.61 Å². The van der Waals surface area contributed by atoms with Crippen molar-refractivity contribution in [3.05, 3.63) is 94.0 Å². The number of hydrogen-bond acceptors (Lipinski definition) is 8. The Morgan fingerprint density at radius 2 is 1.73 bits per heavy atom. The van der Waals surface area contributed by atoms with Gasteiger partial charge in [0.25, 0.3) is 11.6 Å². The Morgan fingerprint density at radius 3 is 2.45 bits per heavy atom. The summed E-state index contributed by atoms with van der Waals surface area (Å²) < 4.78 is 15.7. The third-order valence-corrected chi connectivity index (χ3v) is 4.19. The summed E-state index contributed by atoms with van der Waals surface area (Å²) in [5, 5.41) is 14.7. The van der Waals surface area contributed by atoms with Crippen molar-refractivity contribution in [2.45, 2.75) is 0 Å². The van der Waals surface area contributed by atoms with Crippen LogP contribution in [0.25, 0.3) is 0 Å². The zero-order valence-corrected chi connectivity index (χ0v) is 17.5. The maximum absolute atomic E-state index is 12.3. The van der Waals surface area contributed by atoms with Crippen LogP contribution >= 0.6 is 0 Å². The van der Waals surface area contributed by atoms with Crippen LogP contribution in [-0.4, -0.2) is 36.7 Å². The van der Waals surface area contributed by atoms with Crippen molar-refractivity contribution >= 4 is 23.8 Å². The molecule has 0 aliphatic heterocycles. The van der Waals surface area contributed by atoms with Gasteiger partial charge < -0.3 is 14.2 Å². The summed E-state index contributed by atoms with van der Waals surface area (Å²) >= 11 is 0. The van der Waals surface area contributed by atoms with Crippen LogP contribution in [0.4, 0.5) is 5.69 Å². The second kappa shape index (κ2) is 11.0. The van der Waals surface area contributed by atoms with Crippen molar-refractivity contribution in [3.8, 4) is 17.2 Å². The number of esters is 1. The van der Waals surface area contributed by atoms with Gasteiger partial charge in [0, 0.05) is 12.1 Å². The lowest BCUT2D eigenvalue weighted by molar-refractivity contribution is -0.384. The number of nitro groups is 1. The molecule has 0 heterocycles. The number of carbonyl (C=O) groups excluding carboxylic acids is 2. The Morgan fingerprint density at radius 1 is 1.00 bits per heavy atom. The van der Waals surface area contributed by atoms with E-state index >= 15 is 0 Å². The number of carbonyl (C=O) groups is 2. The van der Waals surface area contributed by atoms with Gasteiger partial charge in [-0.1, -0.05) is 18.2 Å². The van der Waals surface area contributed by atoms with Crippen LogP contribution in [-0.2, 0) is 4.79 Å². The Hall–Kier alpha value is -4.73. The first kappa shape index (κ1) is 22.9. The van der Waals surface area contributed by atoms with E-state index in [-0.39, 0.29) is 23.6 Å². The summed E-state index contributed by atoms with van der Waals surface area (Å²) in [5.41, 5.74) is 2.73. The monoisotopic (exact) mass is 449 g/mol. The molecule has 1 amide bonds. The maximum atomic E-state index is 12.3. The molecule has 0 bridgehead atoms. The molecule has 10 nitrogen and oxygen atoms in total. The first-order valence-electron chi connectivity index (χ1n) is 9.60. The molecule has 1 N–H and O–H groups in total. The molecule has 10 heteroatoms. The largest absolute Gasteiger partial charge is 0.497 e. The molecule has 0 aromatic heterocycles. The second-order valence-corrected chi connectivity index (χ2v) is 6.53. The highest BCUT2D eigenvalue weighted by atomic mass is 16.6. The summed E-state index contributed by atoms with van der Waals surface area (Å²) in [7, 11) is 1.55. The van der Waals surface area contributed by atoms with Crippen molar-refractivity contribution in [3.63, 3.8) is 0 Å². The Kier molecular flexibility index (Phi) is 7.68. The number of hydrogen-bond donors (Lipinski definition) is 1. The van der Waals surface area contributed by atoms with Crippen LogP contribution in [0, 0.1) is 10.1 Å². The third-order valence-electron chi connectivity index (χ3n) is 4.19. The normalized spacial score (nSPS) is 10.5. The van der Waals surface area contributed by atoms with Crippen molar-refractivity contribution in [2.24, 2.45) is 5.10 Å². The standard InChI is InChI=1S/C23H19N3O7/c1-31-19-8-10-20(11-9-19)32-15-22(27)25-24-14-16-4-2-7-21(12-16)33-23(28)17-5-3-6-18(13-17)26(29)30/h2-14H,15H2,1H3,(H,25,27). The molecule has 0 aliphatic carbocycles. The number of nitrogens with one attached hydrogen (secondary N) is 1. The second-order valence-electron chi connectivity index (χ2n) is 6.53. The van der Waals surface area contributed by atoms with Gasteiger partial charge in [-0.2, -0.15) is 5.10 Å². The van der Waals surface area contributed by atoms with Gasteiger partial charge in [0.1, 0.15) is 17.2 Å². The molecule has 0 atom stereocenters. The minimum absolute atomic E-state index is 0.0485. The number of methoxy groups -OCH3 is 1. The molecule has 0 aliphatic rings. The molecule has 168 valence electrons. The predicted octanol–water partition coefficient (Wildman–Crippen LogP) is 3.35. The summed E-state index contributed by atoms with van der Waals surface area (Å²) in [4.78, 5) is 34.4. The van der Waals surface area contributed by atoms with E-state index in [9.17, 15) is 19.7 Å². The van der Waals surface area contributed by atoms with Crippen LogP contribution in [0.5, 0.6) is 17.2 Å².